The van der Waals surface area contributed by atoms with E-state index in [1.807, 2.05) is 0 Å². The molecular formula is C19H43NO2Si3. The minimum atomic E-state index is -1.87. The van der Waals surface area contributed by atoms with Crippen molar-refractivity contribution < 1.29 is 9.22 Å². The molecule has 0 N–H and O–H groups in total. The lowest BCUT2D eigenvalue weighted by atomic mass is 9.84. The number of hydrogen-bond acceptors (Lipinski definition) is 2. The van der Waals surface area contributed by atoms with Crippen LogP contribution in [-0.2, 0) is 9.22 Å². The van der Waals surface area contributed by atoms with E-state index in [1.165, 1.54) is 0 Å². The molecule has 1 amide bonds. The van der Waals surface area contributed by atoms with Crippen LogP contribution < -0.4 is 0 Å². The van der Waals surface area contributed by atoms with Crippen LogP contribution in [0.5, 0.6) is 0 Å². The molecule has 0 aromatic carbocycles. The van der Waals surface area contributed by atoms with Crippen LogP contribution in [0, 0.1) is 5.92 Å². The number of rotatable bonds is 6. The molecule has 1 fully saturated rings. The molecule has 0 radical (unpaired) electrons. The van der Waals surface area contributed by atoms with Gasteiger partial charge in [-0.1, -0.05) is 67.0 Å². The first-order valence-corrected chi connectivity index (χ1v) is 19.8. The molecule has 0 saturated carbocycles. The molecule has 1 heterocycles. The highest BCUT2D eigenvalue weighted by Crippen LogP contribution is 2.46. The number of hydrogen-bond donors (Lipinski definition) is 0. The SMILES string of the molecule is CC([C@@H]1[C@@H]([C@@H](C)O[Si](C)(C)C(C)(C)C)C(=O)N1[Si](C)(C)C)[Si](C)(C)C. The van der Waals surface area contributed by atoms with E-state index < -0.39 is 24.6 Å². The van der Waals surface area contributed by atoms with Crippen molar-refractivity contribution >= 4 is 30.5 Å². The van der Waals surface area contributed by atoms with Gasteiger partial charge in [-0.25, -0.2) is 0 Å². The molecule has 1 aliphatic rings. The summed E-state index contributed by atoms with van der Waals surface area (Å²) in [6.07, 6.45) is 0.0183. The molecule has 148 valence electrons. The summed E-state index contributed by atoms with van der Waals surface area (Å²) in [7, 11) is -4.87. The predicted octanol–water partition coefficient (Wildman–Crippen LogP) is 5.79. The first kappa shape index (κ1) is 23.1. The largest absolute Gasteiger partial charge is 0.413 e. The van der Waals surface area contributed by atoms with Gasteiger partial charge in [0.15, 0.2) is 16.6 Å². The Bertz CT molecular complexity index is 500. The fraction of sp³-hybridized carbons (Fsp3) is 0.947. The van der Waals surface area contributed by atoms with Gasteiger partial charge in [-0.15, -0.1) is 0 Å². The minimum absolute atomic E-state index is 0.0183. The highest BCUT2D eigenvalue weighted by molar-refractivity contribution is 6.79. The summed E-state index contributed by atoms with van der Waals surface area (Å²) in [6.45, 7) is 30.1. The maximum Gasteiger partial charge on any atom is 0.222 e. The van der Waals surface area contributed by atoms with E-state index in [0.29, 0.717) is 17.5 Å². The van der Waals surface area contributed by atoms with Gasteiger partial charge in [-0.3, -0.25) is 4.79 Å². The van der Waals surface area contributed by atoms with E-state index >= 15 is 0 Å². The summed E-state index contributed by atoms with van der Waals surface area (Å²) >= 11 is 0. The molecule has 0 aromatic rings. The number of carbonyl (C=O) groups excluding carboxylic acids is 1. The molecule has 1 unspecified atom stereocenters. The molecule has 1 aliphatic heterocycles. The third-order valence-corrected chi connectivity index (χ3v) is 16.2. The van der Waals surface area contributed by atoms with Gasteiger partial charge < -0.3 is 8.99 Å². The zero-order valence-corrected chi connectivity index (χ0v) is 22.1. The van der Waals surface area contributed by atoms with Crippen LogP contribution in [0.2, 0.25) is 63.0 Å². The lowest BCUT2D eigenvalue weighted by Gasteiger charge is -2.60. The lowest BCUT2D eigenvalue weighted by molar-refractivity contribution is -0.154. The van der Waals surface area contributed by atoms with Crippen LogP contribution in [-0.4, -0.2) is 47.2 Å². The van der Waals surface area contributed by atoms with Crippen molar-refractivity contribution in [3.05, 3.63) is 0 Å². The van der Waals surface area contributed by atoms with Crippen molar-refractivity contribution in [2.24, 2.45) is 5.92 Å². The second-order valence-electron chi connectivity index (χ2n) is 11.6. The molecule has 25 heavy (non-hydrogen) atoms. The monoisotopic (exact) mass is 401 g/mol. The van der Waals surface area contributed by atoms with Gasteiger partial charge >= 0.3 is 0 Å². The van der Waals surface area contributed by atoms with Gasteiger partial charge in [0, 0.05) is 14.1 Å². The first-order valence-electron chi connectivity index (χ1n) is 9.83. The van der Waals surface area contributed by atoms with Crippen LogP contribution in [0.3, 0.4) is 0 Å². The van der Waals surface area contributed by atoms with Gasteiger partial charge in [0.2, 0.25) is 5.91 Å². The van der Waals surface area contributed by atoms with Gasteiger partial charge in [0.1, 0.15) is 0 Å². The third-order valence-electron chi connectivity index (χ3n) is 6.58. The van der Waals surface area contributed by atoms with E-state index in [1.54, 1.807) is 0 Å². The zero-order valence-electron chi connectivity index (χ0n) is 19.1. The van der Waals surface area contributed by atoms with Gasteiger partial charge in [-0.2, -0.15) is 0 Å². The quantitative estimate of drug-likeness (QED) is 0.416. The van der Waals surface area contributed by atoms with Crippen molar-refractivity contribution in [3.63, 3.8) is 0 Å². The lowest BCUT2D eigenvalue weighted by Crippen LogP contribution is -2.74. The number of carbonyl (C=O) groups is 1. The van der Waals surface area contributed by atoms with E-state index in [-0.39, 0.29) is 17.1 Å². The van der Waals surface area contributed by atoms with Crippen molar-refractivity contribution in [1.82, 2.24) is 4.57 Å². The summed E-state index contributed by atoms with van der Waals surface area (Å²) < 4.78 is 8.94. The van der Waals surface area contributed by atoms with Crippen molar-refractivity contribution in [3.8, 4) is 0 Å². The zero-order chi connectivity index (χ0) is 20.2. The molecule has 1 rings (SSSR count). The molecule has 4 atom stereocenters. The Balaban J connectivity index is 3.14. The normalized spacial score (nSPS) is 25.6. The standard InChI is InChI=1S/C19H43NO2Si3/c1-14(22-25(12,13)19(3,4)5)16-17(15(2)23(6,7)8)20(18(16)21)24(9,10)11/h14-17H,1-13H3/t14-,15?,16-,17-/m1/s1. The van der Waals surface area contributed by atoms with E-state index in [4.69, 9.17) is 4.43 Å². The Morgan fingerprint density at radius 1 is 0.960 bits per heavy atom. The Kier molecular flexibility index (Phi) is 6.39. The van der Waals surface area contributed by atoms with Crippen LogP contribution in [0.25, 0.3) is 0 Å². The molecule has 0 aliphatic carbocycles. The van der Waals surface area contributed by atoms with Crippen LogP contribution in [0.4, 0.5) is 0 Å². The third kappa shape index (κ3) is 4.68. The second-order valence-corrected chi connectivity index (χ2v) is 26.9. The van der Waals surface area contributed by atoms with Gasteiger partial charge in [-0.05, 0) is 30.6 Å². The molecule has 3 nitrogen and oxygen atoms in total. The highest BCUT2D eigenvalue weighted by Gasteiger charge is 2.58. The highest BCUT2D eigenvalue weighted by atomic mass is 28.4. The van der Waals surface area contributed by atoms with E-state index in [9.17, 15) is 4.79 Å². The van der Waals surface area contributed by atoms with Crippen molar-refractivity contribution in [2.75, 3.05) is 0 Å². The summed E-state index contributed by atoms with van der Waals surface area (Å²) in [5, 5.41) is 0.173. The van der Waals surface area contributed by atoms with E-state index in [2.05, 4.69) is 91.6 Å². The topological polar surface area (TPSA) is 29.5 Å². The average molecular weight is 402 g/mol. The maximum absolute atomic E-state index is 13.1. The molecule has 1 saturated heterocycles. The minimum Gasteiger partial charge on any atom is -0.413 e. The Morgan fingerprint density at radius 3 is 1.72 bits per heavy atom. The number of nitrogens with zero attached hydrogens (tertiary/aromatic N) is 1. The summed E-state index contributed by atoms with van der Waals surface area (Å²) in [6, 6.07) is 0.366. The molecule has 0 spiro atoms. The fourth-order valence-electron chi connectivity index (χ4n) is 3.55. The van der Waals surface area contributed by atoms with Crippen LogP contribution in [0.15, 0.2) is 0 Å². The summed E-state index contributed by atoms with van der Waals surface area (Å²) in [5.74, 6) is 0.392. The van der Waals surface area contributed by atoms with E-state index in [0.717, 1.165) is 0 Å². The average Bonchev–Trinajstić information content (AvgIpc) is 2.29. The molecular weight excluding hydrogens is 358 g/mol. The van der Waals surface area contributed by atoms with Gasteiger partial charge in [0.25, 0.3) is 0 Å². The van der Waals surface area contributed by atoms with Crippen molar-refractivity contribution in [1.29, 1.82) is 0 Å². The second kappa shape index (κ2) is 6.91. The molecule has 0 bridgehead atoms. The fourth-order valence-corrected chi connectivity index (χ4v) is 8.60. The number of β-lactam (4-membered cyclic amide) rings is 1. The first-order chi connectivity index (χ1) is 10.8. The van der Waals surface area contributed by atoms with Crippen LogP contribution in [0.1, 0.15) is 34.6 Å². The van der Waals surface area contributed by atoms with Gasteiger partial charge in [0.05, 0.1) is 12.0 Å². The maximum atomic E-state index is 13.1. The Morgan fingerprint density at radius 2 is 1.40 bits per heavy atom. The van der Waals surface area contributed by atoms with Crippen LogP contribution >= 0.6 is 0 Å². The summed E-state index contributed by atoms with van der Waals surface area (Å²) in [4.78, 5) is 13.1. The Hall–Kier alpha value is 0.0806. The predicted molar refractivity (Wildman–Crippen MR) is 118 cm³/mol. The molecule has 6 heteroatoms. The smallest absolute Gasteiger partial charge is 0.222 e. The Labute approximate surface area is 160 Å². The molecule has 0 aromatic heterocycles. The summed E-state index contributed by atoms with van der Waals surface area (Å²) in [5.41, 5.74) is 0.590. The van der Waals surface area contributed by atoms with Crippen molar-refractivity contribution in [2.45, 2.75) is 110 Å². The number of amides is 1.